The van der Waals surface area contributed by atoms with Crippen molar-refractivity contribution in [1.82, 2.24) is 9.66 Å². The van der Waals surface area contributed by atoms with Crippen molar-refractivity contribution in [2.45, 2.75) is 40.2 Å². The predicted molar refractivity (Wildman–Crippen MR) is 180 cm³/mol. The molecule has 1 heterocycles. The highest BCUT2D eigenvalue weighted by atomic mass is 35.5. The lowest BCUT2D eigenvalue weighted by molar-refractivity contribution is -0.386. The van der Waals surface area contributed by atoms with Crippen LogP contribution in [0, 0.1) is 17.0 Å². The van der Waals surface area contributed by atoms with E-state index in [1.807, 2.05) is 32.0 Å². The highest BCUT2D eigenvalue weighted by molar-refractivity contribution is 6.30. The minimum atomic E-state index is -0.553. The van der Waals surface area contributed by atoms with Gasteiger partial charge in [-0.3, -0.25) is 14.9 Å². The lowest BCUT2D eigenvalue weighted by Gasteiger charge is -2.18. The maximum atomic E-state index is 13.9. The summed E-state index contributed by atoms with van der Waals surface area (Å²) in [6.45, 7) is 8.57. The molecular weight excluding hydrogens is 608 g/mol. The van der Waals surface area contributed by atoms with Crippen molar-refractivity contribution >= 4 is 34.4 Å². The first kappa shape index (κ1) is 32.2. The second kappa shape index (κ2) is 13.8. The summed E-state index contributed by atoms with van der Waals surface area (Å²) < 4.78 is 18.5. The predicted octanol–water partition coefficient (Wildman–Crippen LogP) is 7.93. The molecule has 46 heavy (non-hydrogen) atoms. The summed E-state index contributed by atoms with van der Waals surface area (Å²) in [5.41, 5.74) is 3.43. The van der Waals surface area contributed by atoms with Crippen LogP contribution < -0.4 is 19.8 Å². The molecule has 0 amide bonds. The van der Waals surface area contributed by atoms with Crippen LogP contribution in [0.4, 0.5) is 5.69 Å². The average molecular weight is 641 g/mol. The van der Waals surface area contributed by atoms with Crippen molar-refractivity contribution in [1.29, 1.82) is 0 Å². The van der Waals surface area contributed by atoms with Crippen molar-refractivity contribution in [2.24, 2.45) is 5.10 Å². The van der Waals surface area contributed by atoms with Gasteiger partial charge in [-0.2, -0.15) is 9.78 Å². The monoisotopic (exact) mass is 640 g/mol. The largest absolute Gasteiger partial charge is 0.494 e. The maximum Gasteiger partial charge on any atom is 0.315 e. The third-order valence-electron chi connectivity index (χ3n) is 7.37. The molecule has 1 aromatic heterocycles. The summed E-state index contributed by atoms with van der Waals surface area (Å²) >= 11 is 5.97. The highest BCUT2D eigenvalue weighted by Crippen LogP contribution is 2.39. The zero-order chi connectivity index (χ0) is 33.0. The Bertz CT molecular complexity index is 2000. The van der Waals surface area contributed by atoms with E-state index in [-0.39, 0.29) is 35.3 Å². The number of benzene rings is 4. The van der Waals surface area contributed by atoms with Crippen molar-refractivity contribution in [3.05, 3.63) is 121 Å². The Balaban J connectivity index is 1.63. The third kappa shape index (κ3) is 6.72. The molecule has 0 aliphatic carbocycles. The van der Waals surface area contributed by atoms with Crippen LogP contribution in [0.5, 0.6) is 17.2 Å². The first-order valence-corrected chi connectivity index (χ1v) is 15.1. The van der Waals surface area contributed by atoms with E-state index < -0.39 is 4.92 Å². The Morgan fingerprint density at radius 1 is 1.04 bits per heavy atom. The zero-order valence-corrected chi connectivity index (χ0v) is 26.9. The Kier molecular flexibility index (Phi) is 9.67. The fraction of sp³-hybridized carbons (Fsp3) is 0.229. The molecule has 0 saturated carbocycles. The minimum Gasteiger partial charge on any atom is -0.494 e. The number of hydrogen-bond donors (Lipinski definition) is 0. The fourth-order valence-electron chi connectivity index (χ4n) is 5.05. The molecule has 0 saturated heterocycles. The summed E-state index contributed by atoms with van der Waals surface area (Å²) in [5.74, 6) is 1.34. The smallest absolute Gasteiger partial charge is 0.315 e. The van der Waals surface area contributed by atoms with Gasteiger partial charge in [-0.15, -0.1) is 0 Å². The summed E-state index contributed by atoms with van der Waals surface area (Å²) in [4.78, 5) is 30.3. The van der Waals surface area contributed by atoms with Crippen LogP contribution in [0.15, 0.2) is 82.7 Å². The number of fused-ring (bicyclic) bond motifs is 1. The molecule has 0 unspecified atom stereocenters. The number of halogens is 1. The van der Waals surface area contributed by atoms with Crippen molar-refractivity contribution in [3.63, 3.8) is 0 Å². The summed E-state index contributed by atoms with van der Waals surface area (Å²) in [6, 6.07) is 20.8. The minimum absolute atomic E-state index is 0.0314. The van der Waals surface area contributed by atoms with E-state index in [1.54, 1.807) is 48.5 Å². The van der Waals surface area contributed by atoms with E-state index in [1.165, 1.54) is 24.1 Å². The number of hydrogen-bond acceptors (Lipinski definition) is 8. The Morgan fingerprint density at radius 3 is 2.46 bits per heavy atom. The van der Waals surface area contributed by atoms with Crippen molar-refractivity contribution in [3.8, 4) is 28.6 Å². The molecule has 5 rings (SSSR count). The molecule has 0 N–H and O–H groups in total. The lowest BCUT2D eigenvalue weighted by atomic mass is 9.96. The topological polar surface area (TPSA) is 118 Å². The standard InChI is InChI=1S/C35H33ClN4O6/c1-6-45-31-15-22(4)28(18-27(31)21(2)3)34-38-29-10-8-7-9-26(29)35(41)39(34)37-19-24-16-30(40(42)43)33(32(17-24)44-5)46-20-23-11-13-25(36)14-12-23/h7-19,21H,6,20H2,1-5H3. The van der Waals surface area contributed by atoms with Gasteiger partial charge in [-0.1, -0.05) is 49.7 Å². The van der Waals surface area contributed by atoms with E-state index >= 15 is 0 Å². The molecule has 0 bridgehead atoms. The van der Waals surface area contributed by atoms with Gasteiger partial charge in [0.25, 0.3) is 5.56 Å². The van der Waals surface area contributed by atoms with Crippen LogP contribution in [-0.4, -0.2) is 34.5 Å². The van der Waals surface area contributed by atoms with Gasteiger partial charge < -0.3 is 14.2 Å². The molecule has 0 spiro atoms. The normalized spacial score (nSPS) is 11.4. The molecule has 10 nitrogen and oxygen atoms in total. The molecule has 0 aliphatic rings. The lowest BCUT2D eigenvalue weighted by Crippen LogP contribution is -2.21. The quantitative estimate of drug-likeness (QED) is 0.0817. The van der Waals surface area contributed by atoms with Gasteiger partial charge in [0.15, 0.2) is 11.6 Å². The van der Waals surface area contributed by atoms with E-state index in [4.69, 9.17) is 30.8 Å². The van der Waals surface area contributed by atoms with Gasteiger partial charge in [-0.05, 0) is 78.9 Å². The maximum absolute atomic E-state index is 13.9. The van der Waals surface area contributed by atoms with Crippen LogP contribution in [0.25, 0.3) is 22.3 Å². The Labute approximate surface area is 271 Å². The van der Waals surface area contributed by atoms with E-state index in [0.29, 0.717) is 39.5 Å². The number of nitro benzene ring substituents is 1. The molecule has 0 aliphatic heterocycles. The van der Waals surface area contributed by atoms with Gasteiger partial charge in [0.1, 0.15) is 12.4 Å². The number of nitrogens with zero attached hydrogens (tertiary/aromatic N) is 4. The molecule has 0 radical (unpaired) electrons. The Hall–Kier alpha value is -5.22. The van der Waals surface area contributed by atoms with Gasteiger partial charge in [0.05, 0.1) is 35.8 Å². The second-order valence-corrected chi connectivity index (χ2v) is 11.3. The molecule has 5 aromatic rings. The van der Waals surface area contributed by atoms with Crippen molar-refractivity contribution in [2.75, 3.05) is 13.7 Å². The molecule has 236 valence electrons. The number of para-hydroxylation sites is 1. The van der Waals surface area contributed by atoms with Crippen LogP contribution in [0.1, 0.15) is 48.9 Å². The number of aryl methyl sites for hydroxylation is 1. The summed E-state index contributed by atoms with van der Waals surface area (Å²) in [6.07, 6.45) is 1.37. The number of rotatable bonds is 11. The summed E-state index contributed by atoms with van der Waals surface area (Å²) in [7, 11) is 1.39. The van der Waals surface area contributed by atoms with Crippen LogP contribution in [0.2, 0.25) is 5.02 Å². The first-order chi connectivity index (χ1) is 22.1. The number of ether oxygens (including phenoxy) is 3. The van der Waals surface area contributed by atoms with Gasteiger partial charge in [0, 0.05) is 22.2 Å². The number of aromatic nitrogens is 2. The van der Waals surface area contributed by atoms with Gasteiger partial charge in [0.2, 0.25) is 5.75 Å². The SMILES string of the molecule is CCOc1cc(C)c(-c2nc3ccccc3c(=O)n2N=Cc2cc(OC)c(OCc3ccc(Cl)cc3)c([N+](=O)[O-])c2)cc1C(C)C. The highest BCUT2D eigenvalue weighted by Gasteiger charge is 2.23. The van der Waals surface area contributed by atoms with Crippen LogP contribution in [-0.2, 0) is 6.61 Å². The van der Waals surface area contributed by atoms with Crippen molar-refractivity contribution < 1.29 is 19.1 Å². The second-order valence-electron chi connectivity index (χ2n) is 10.9. The molecule has 4 aromatic carbocycles. The molecule has 0 atom stereocenters. The Morgan fingerprint density at radius 2 is 1.78 bits per heavy atom. The number of nitro groups is 1. The van der Waals surface area contributed by atoms with Crippen LogP contribution in [0.3, 0.4) is 0 Å². The fourth-order valence-corrected chi connectivity index (χ4v) is 5.18. The third-order valence-corrected chi connectivity index (χ3v) is 7.62. The average Bonchev–Trinajstić information content (AvgIpc) is 3.04. The molecule has 0 fully saturated rings. The summed E-state index contributed by atoms with van der Waals surface area (Å²) in [5, 5.41) is 17.6. The van der Waals surface area contributed by atoms with Crippen LogP contribution >= 0.6 is 11.6 Å². The van der Waals surface area contributed by atoms with Gasteiger partial charge in [-0.25, -0.2) is 4.98 Å². The molecule has 11 heteroatoms. The molecular formula is C35H33ClN4O6. The van der Waals surface area contributed by atoms with Gasteiger partial charge >= 0.3 is 5.69 Å². The first-order valence-electron chi connectivity index (χ1n) is 14.7. The number of methoxy groups -OCH3 is 1. The van der Waals surface area contributed by atoms with E-state index in [2.05, 4.69) is 18.9 Å². The zero-order valence-electron chi connectivity index (χ0n) is 26.1. The van der Waals surface area contributed by atoms with E-state index in [0.717, 1.165) is 22.4 Å². The van der Waals surface area contributed by atoms with E-state index in [9.17, 15) is 14.9 Å².